The van der Waals surface area contributed by atoms with Crippen LogP contribution in [-0.4, -0.2) is 47.8 Å². The summed E-state index contributed by atoms with van der Waals surface area (Å²) in [4.78, 5) is 38.5. The van der Waals surface area contributed by atoms with E-state index in [0.717, 1.165) is 38.1 Å². The molecule has 0 aliphatic rings. The van der Waals surface area contributed by atoms with Crippen molar-refractivity contribution in [1.29, 1.82) is 0 Å². The second kappa shape index (κ2) is 11.5. The fourth-order valence-electron chi connectivity index (χ4n) is 2.83. The van der Waals surface area contributed by atoms with Crippen LogP contribution in [0.2, 0.25) is 0 Å². The quantitative estimate of drug-likeness (QED) is 0.634. The van der Waals surface area contributed by atoms with Crippen molar-refractivity contribution in [2.45, 2.75) is 59.0 Å². The lowest BCUT2D eigenvalue weighted by atomic mass is 10.1. The molecule has 1 rings (SSSR count). The van der Waals surface area contributed by atoms with E-state index in [9.17, 15) is 23.2 Å². The molecular formula is C20H29F2N3O3. The fourth-order valence-corrected chi connectivity index (χ4v) is 2.83. The molecule has 3 amide bonds. The molecule has 2 atom stereocenters. The minimum atomic E-state index is -0.965. The average molecular weight is 397 g/mol. The molecule has 0 bridgehead atoms. The first-order chi connectivity index (χ1) is 13.2. The molecule has 0 saturated carbocycles. The largest absolute Gasteiger partial charge is 0.344 e. The summed E-state index contributed by atoms with van der Waals surface area (Å²) in [6, 6.07) is 1.38. The zero-order chi connectivity index (χ0) is 21.3. The van der Waals surface area contributed by atoms with E-state index >= 15 is 0 Å². The number of nitrogens with zero attached hydrogens (tertiary/aromatic N) is 1. The van der Waals surface area contributed by atoms with E-state index in [1.807, 2.05) is 18.7 Å². The summed E-state index contributed by atoms with van der Waals surface area (Å²) < 4.78 is 26.4. The molecule has 0 unspecified atom stereocenters. The van der Waals surface area contributed by atoms with Crippen LogP contribution >= 0.6 is 0 Å². The molecule has 0 fully saturated rings. The Morgan fingerprint density at radius 2 is 1.50 bits per heavy atom. The lowest BCUT2D eigenvalue weighted by molar-refractivity contribution is -0.136. The van der Waals surface area contributed by atoms with Gasteiger partial charge in [-0.2, -0.15) is 0 Å². The van der Waals surface area contributed by atoms with E-state index in [-0.39, 0.29) is 12.0 Å². The van der Waals surface area contributed by atoms with Crippen LogP contribution in [0.15, 0.2) is 18.2 Å². The van der Waals surface area contributed by atoms with Crippen LogP contribution < -0.4 is 10.6 Å². The van der Waals surface area contributed by atoms with Crippen LogP contribution in [0.5, 0.6) is 0 Å². The van der Waals surface area contributed by atoms with Gasteiger partial charge in [-0.05, 0) is 57.5 Å². The number of amides is 3. The molecule has 8 heteroatoms. The Balaban J connectivity index is 2.58. The summed E-state index contributed by atoms with van der Waals surface area (Å²) in [5.41, 5.74) is 0.155. The third kappa shape index (κ3) is 7.72. The molecule has 0 radical (unpaired) electrons. The maximum atomic E-state index is 13.2. The van der Waals surface area contributed by atoms with Crippen molar-refractivity contribution in [2.75, 3.05) is 13.1 Å². The molecule has 6 nitrogen and oxygen atoms in total. The molecule has 1 aromatic rings. The summed E-state index contributed by atoms with van der Waals surface area (Å²) in [5.74, 6) is -3.20. The van der Waals surface area contributed by atoms with Crippen LogP contribution in [0.4, 0.5) is 8.78 Å². The number of imide groups is 1. The van der Waals surface area contributed by atoms with Crippen LogP contribution in [0.3, 0.4) is 0 Å². The maximum Gasteiger partial charge on any atom is 0.248 e. The van der Waals surface area contributed by atoms with Crippen molar-refractivity contribution < 1.29 is 23.2 Å². The van der Waals surface area contributed by atoms with E-state index in [1.54, 1.807) is 6.92 Å². The van der Waals surface area contributed by atoms with Crippen molar-refractivity contribution >= 4 is 17.7 Å². The lowest BCUT2D eigenvalue weighted by Crippen LogP contribution is -2.52. The van der Waals surface area contributed by atoms with Crippen molar-refractivity contribution in [3.05, 3.63) is 35.4 Å². The highest BCUT2D eigenvalue weighted by Crippen LogP contribution is 2.08. The molecule has 2 N–H and O–H groups in total. The summed E-state index contributed by atoms with van der Waals surface area (Å²) in [7, 11) is 0. The van der Waals surface area contributed by atoms with Crippen molar-refractivity contribution in [3.8, 4) is 0 Å². The molecule has 0 spiro atoms. The van der Waals surface area contributed by atoms with E-state index in [0.29, 0.717) is 6.07 Å². The summed E-state index contributed by atoms with van der Waals surface area (Å²) >= 11 is 0. The highest BCUT2D eigenvalue weighted by atomic mass is 19.1. The van der Waals surface area contributed by atoms with E-state index in [1.165, 1.54) is 6.92 Å². The standard InChI is InChI=1S/C20H29F2N3O3/c1-5-7-25(8-6-2)14(4)20(28)24-19(27)13(3)23-18(26)11-15-9-16(21)12-17(22)10-15/h9-10,12-14H,5-8,11H2,1-4H3,(H,23,26)(H,24,27,28)/t13-,14-/m0/s1. The zero-order valence-corrected chi connectivity index (χ0v) is 16.9. The molecule has 0 aromatic heterocycles. The third-order valence-electron chi connectivity index (χ3n) is 4.25. The highest BCUT2D eigenvalue weighted by molar-refractivity contribution is 6.00. The summed E-state index contributed by atoms with van der Waals surface area (Å²) in [5, 5.41) is 4.74. The first-order valence-corrected chi connectivity index (χ1v) is 9.51. The third-order valence-corrected chi connectivity index (χ3v) is 4.25. The number of benzene rings is 1. The predicted molar refractivity (Wildman–Crippen MR) is 102 cm³/mol. The highest BCUT2D eigenvalue weighted by Gasteiger charge is 2.24. The van der Waals surface area contributed by atoms with Gasteiger partial charge in [0.1, 0.15) is 17.7 Å². The van der Waals surface area contributed by atoms with Gasteiger partial charge < -0.3 is 5.32 Å². The van der Waals surface area contributed by atoms with Gasteiger partial charge in [-0.25, -0.2) is 8.78 Å². The predicted octanol–water partition coefficient (Wildman–Crippen LogP) is 2.17. The van der Waals surface area contributed by atoms with Crippen molar-refractivity contribution in [2.24, 2.45) is 0 Å². The van der Waals surface area contributed by atoms with Gasteiger partial charge >= 0.3 is 0 Å². The van der Waals surface area contributed by atoms with Gasteiger partial charge in [0.15, 0.2) is 0 Å². The second-order valence-corrected chi connectivity index (χ2v) is 6.81. The average Bonchev–Trinajstić information content (AvgIpc) is 2.59. The molecule has 0 saturated heterocycles. The van der Waals surface area contributed by atoms with Gasteiger partial charge in [0.05, 0.1) is 12.5 Å². The first-order valence-electron chi connectivity index (χ1n) is 9.51. The van der Waals surface area contributed by atoms with E-state index in [4.69, 9.17) is 0 Å². The van der Waals surface area contributed by atoms with E-state index < -0.39 is 41.4 Å². The number of hydrogen-bond donors (Lipinski definition) is 2. The van der Waals surface area contributed by atoms with Crippen LogP contribution in [0.25, 0.3) is 0 Å². The number of halogens is 2. The normalized spacial score (nSPS) is 13.1. The number of carbonyl (C=O) groups excluding carboxylic acids is 3. The lowest BCUT2D eigenvalue weighted by Gasteiger charge is -2.27. The van der Waals surface area contributed by atoms with Gasteiger partial charge in [0, 0.05) is 6.07 Å². The Hall–Kier alpha value is -2.35. The molecular weight excluding hydrogens is 368 g/mol. The van der Waals surface area contributed by atoms with Gasteiger partial charge in [-0.15, -0.1) is 0 Å². The van der Waals surface area contributed by atoms with E-state index in [2.05, 4.69) is 10.6 Å². The van der Waals surface area contributed by atoms with Crippen LogP contribution in [-0.2, 0) is 20.8 Å². The molecule has 0 aliphatic heterocycles. The van der Waals surface area contributed by atoms with Crippen LogP contribution in [0.1, 0.15) is 46.1 Å². The molecule has 0 heterocycles. The number of hydrogen-bond acceptors (Lipinski definition) is 4. The van der Waals surface area contributed by atoms with Crippen molar-refractivity contribution in [1.82, 2.24) is 15.5 Å². The molecule has 156 valence electrons. The Kier molecular flexibility index (Phi) is 9.72. The Morgan fingerprint density at radius 1 is 0.964 bits per heavy atom. The fraction of sp³-hybridized carbons (Fsp3) is 0.550. The zero-order valence-electron chi connectivity index (χ0n) is 16.9. The monoisotopic (exact) mass is 397 g/mol. The maximum absolute atomic E-state index is 13.2. The van der Waals surface area contributed by atoms with Gasteiger partial charge in [-0.3, -0.25) is 24.6 Å². The molecule has 0 aliphatic carbocycles. The topological polar surface area (TPSA) is 78.5 Å². The van der Waals surface area contributed by atoms with Crippen LogP contribution in [0, 0.1) is 11.6 Å². The minimum Gasteiger partial charge on any atom is -0.344 e. The Bertz CT molecular complexity index is 671. The van der Waals surface area contributed by atoms with Gasteiger partial charge in [0.25, 0.3) is 0 Å². The number of nitrogens with one attached hydrogen (secondary N) is 2. The molecule has 1 aromatic carbocycles. The van der Waals surface area contributed by atoms with Crippen molar-refractivity contribution in [3.63, 3.8) is 0 Å². The Morgan fingerprint density at radius 3 is 2.00 bits per heavy atom. The SMILES string of the molecule is CCCN(CCC)[C@@H](C)C(=O)NC(=O)[C@H](C)NC(=O)Cc1cc(F)cc(F)c1. The number of rotatable bonds is 10. The second-order valence-electron chi connectivity index (χ2n) is 6.81. The summed E-state index contributed by atoms with van der Waals surface area (Å²) in [6.07, 6.45) is 1.49. The Labute approximate surface area is 164 Å². The summed E-state index contributed by atoms with van der Waals surface area (Å²) in [6.45, 7) is 8.68. The first kappa shape index (κ1) is 23.7. The molecule has 28 heavy (non-hydrogen) atoms. The van der Waals surface area contributed by atoms with Gasteiger partial charge in [-0.1, -0.05) is 13.8 Å². The smallest absolute Gasteiger partial charge is 0.248 e. The minimum absolute atomic E-state index is 0.155. The number of carbonyl (C=O) groups is 3. The van der Waals surface area contributed by atoms with Gasteiger partial charge in [0.2, 0.25) is 17.7 Å².